The van der Waals surface area contributed by atoms with Gasteiger partial charge in [0.15, 0.2) is 17.6 Å². The summed E-state index contributed by atoms with van der Waals surface area (Å²) in [7, 11) is 0. The average molecular weight is 321 g/mol. The van der Waals surface area contributed by atoms with Gasteiger partial charge in [0.1, 0.15) is 15.6 Å². The number of rotatable bonds is 3. The van der Waals surface area contributed by atoms with Gasteiger partial charge >= 0.3 is 5.97 Å². The molecular weight excluding hydrogens is 310 g/mol. The van der Waals surface area contributed by atoms with Crippen LogP contribution >= 0.6 is 23.1 Å². The Morgan fingerprint density at radius 3 is 2.81 bits per heavy atom. The maximum absolute atomic E-state index is 11.5. The van der Waals surface area contributed by atoms with Crippen molar-refractivity contribution in [2.75, 3.05) is 5.75 Å². The maximum atomic E-state index is 11.5. The number of fused-ring (bicyclic) bond motifs is 1. The van der Waals surface area contributed by atoms with Crippen LogP contribution in [-0.2, 0) is 0 Å². The number of hydrogen-bond donors (Lipinski definition) is 1. The predicted octanol–water partition coefficient (Wildman–Crippen LogP) is 3.27. The first-order valence-corrected chi connectivity index (χ1v) is 8.00. The number of ketones is 1. The van der Waals surface area contributed by atoms with Gasteiger partial charge in [-0.05, 0) is 12.1 Å². The lowest BCUT2D eigenvalue weighted by Crippen LogP contribution is -2.14. The van der Waals surface area contributed by atoms with Crippen molar-refractivity contribution >= 4 is 34.9 Å². The Morgan fingerprint density at radius 1 is 1.38 bits per heavy atom. The van der Waals surface area contributed by atoms with Crippen molar-refractivity contribution in [3.05, 3.63) is 39.8 Å². The first kappa shape index (κ1) is 14.1. The highest BCUT2D eigenvalue weighted by Gasteiger charge is 2.28. The minimum Gasteiger partial charge on any atom is -0.481 e. The molecule has 0 spiro atoms. The number of carboxylic acid groups (broad SMARTS) is 1. The minimum absolute atomic E-state index is 0.171. The van der Waals surface area contributed by atoms with Gasteiger partial charge in [0.05, 0.1) is 0 Å². The van der Waals surface area contributed by atoms with Crippen molar-refractivity contribution in [3.63, 3.8) is 0 Å². The highest BCUT2D eigenvalue weighted by molar-refractivity contribution is 7.99. The van der Waals surface area contributed by atoms with Crippen molar-refractivity contribution in [2.45, 2.75) is 17.9 Å². The molecule has 2 aromatic rings. The van der Waals surface area contributed by atoms with E-state index in [0.29, 0.717) is 10.8 Å². The number of thiazole rings is 1. The Bertz CT molecular complexity index is 694. The molecule has 0 bridgehead atoms. The number of nitrogens with zero attached hydrogens (tertiary/aromatic N) is 1. The van der Waals surface area contributed by atoms with E-state index in [4.69, 9.17) is 9.84 Å². The number of carboxylic acids is 1. The number of aromatic carboxylic acids is 1. The molecule has 21 heavy (non-hydrogen) atoms. The van der Waals surface area contributed by atoms with Crippen LogP contribution in [0.3, 0.4) is 0 Å². The molecule has 5 nitrogen and oxygen atoms in total. The predicted molar refractivity (Wildman–Crippen MR) is 79.6 cm³/mol. The molecule has 1 atom stereocenters. The normalized spacial score (nSPS) is 16.9. The van der Waals surface area contributed by atoms with Crippen molar-refractivity contribution in [2.24, 2.45) is 0 Å². The Balaban J connectivity index is 1.94. The maximum Gasteiger partial charge on any atom is 0.356 e. The van der Waals surface area contributed by atoms with E-state index in [1.165, 1.54) is 6.92 Å². The lowest BCUT2D eigenvalue weighted by atomic mass is 10.3. The zero-order valence-electron chi connectivity index (χ0n) is 11.0. The average Bonchev–Trinajstić information content (AvgIpc) is 2.92. The number of para-hydroxylation sites is 1. The largest absolute Gasteiger partial charge is 0.481 e. The molecule has 1 aliphatic rings. The van der Waals surface area contributed by atoms with E-state index >= 15 is 0 Å². The third-order valence-electron chi connectivity index (χ3n) is 2.95. The summed E-state index contributed by atoms with van der Waals surface area (Å²) in [6.45, 7) is 1.34. The second kappa shape index (κ2) is 5.50. The molecule has 2 heterocycles. The van der Waals surface area contributed by atoms with Gasteiger partial charge in [-0.1, -0.05) is 12.1 Å². The molecule has 7 heteroatoms. The number of carbonyl (C=O) groups is 2. The van der Waals surface area contributed by atoms with E-state index < -0.39 is 5.97 Å². The lowest BCUT2D eigenvalue weighted by Gasteiger charge is -2.23. The van der Waals surface area contributed by atoms with Crippen molar-refractivity contribution in [1.29, 1.82) is 0 Å². The molecular formula is C14H11NO4S2. The van der Waals surface area contributed by atoms with Crippen LogP contribution in [0.5, 0.6) is 5.75 Å². The van der Waals surface area contributed by atoms with Crippen LogP contribution in [0.25, 0.3) is 0 Å². The highest BCUT2D eigenvalue weighted by Crippen LogP contribution is 2.41. The fourth-order valence-corrected chi connectivity index (χ4v) is 4.08. The Morgan fingerprint density at radius 2 is 2.14 bits per heavy atom. The van der Waals surface area contributed by atoms with Crippen LogP contribution in [0.1, 0.15) is 38.2 Å². The fraction of sp³-hybridized carbons (Fsp3) is 0.214. The summed E-state index contributed by atoms with van der Waals surface area (Å²) < 4.78 is 5.87. The Hall–Kier alpha value is -1.86. The van der Waals surface area contributed by atoms with Crippen LogP contribution in [-0.4, -0.2) is 27.6 Å². The quantitative estimate of drug-likeness (QED) is 0.874. The van der Waals surface area contributed by atoms with E-state index in [0.717, 1.165) is 22.0 Å². The number of Topliss-reactive ketones (excluding diaryl/α,β-unsaturated/α-hetero) is 1. The Labute approximate surface area is 129 Å². The molecule has 1 aliphatic heterocycles. The van der Waals surface area contributed by atoms with Gasteiger partial charge in [0, 0.05) is 17.6 Å². The third kappa shape index (κ3) is 2.66. The summed E-state index contributed by atoms with van der Waals surface area (Å²) in [5.41, 5.74) is -0.185. The number of carbonyl (C=O) groups excluding carboxylic acids is 1. The summed E-state index contributed by atoms with van der Waals surface area (Å²) in [4.78, 5) is 28.0. The molecule has 0 saturated heterocycles. The molecule has 1 unspecified atom stereocenters. The second-order valence-electron chi connectivity index (χ2n) is 4.46. The van der Waals surface area contributed by atoms with Crippen LogP contribution in [0, 0.1) is 0 Å². The van der Waals surface area contributed by atoms with Gasteiger partial charge in [-0.3, -0.25) is 4.79 Å². The molecule has 1 N–H and O–H groups in total. The molecule has 0 radical (unpaired) electrons. The lowest BCUT2D eigenvalue weighted by molar-refractivity contribution is 0.0686. The third-order valence-corrected chi connectivity index (χ3v) is 5.32. The van der Waals surface area contributed by atoms with Gasteiger partial charge < -0.3 is 9.84 Å². The molecule has 0 aliphatic carbocycles. The number of thioether (sulfide) groups is 1. The van der Waals surface area contributed by atoms with Gasteiger partial charge in [0.25, 0.3) is 0 Å². The Kier molecular flexibility index (Phi) is 3.69. The smallest absolute Gasteiger partial charge is 0.356 e. The second-order valence-corrected chi connectivity index (χ2v) is 6.55. The van der Waals surface area contributed by atoms with Crippen molar-refractivity contribution < 1.29 is 19.4 Å². The zero-order valence-corrected chi connectivity index (χ0v) is 12.7. The first-order chi connectivity index (χ1) is 10.1. The number of ether oxygens (including phenoxy) is 1. The van der Waals surface area contributed by atoms with Crippen LogP contribution in [0.2, 0.25) is 0 Å². The van der Waals surface area contributed by atoms with Crippen LogP contribution < -0.4 is 4.74 Å². The topological polar surface area (TPSA) is 76.5 Å². The fourth-order valence-electron chi connectivity index (χ4n) is 2.00. The summed E-state index contributed by atoms with van der Waals surface area (Å²) in [5.74, 6) is -0.0808. The molecule has 1 aromatic carbocycles. The zero-order chi connectivity index (χ0) is 15.0. The van der Waals surface area contributed by atoms with Crippen molar-refractivity contribution in [1.82, 2.24) is 4.98 Å². The van der Waals surface area contributed by atoms with Gasteiger partial charge in [-0.15, -0.1) is 23.1 Å². The SMILES string of the molecule is CC(=O)c1sc(C2CSc3ccccc3O2)nc1C(=O)O. The van der Waals surface area contributed by atoms with E-state index in [2.05, 4.69) is 4.98 Å². The molecule has 0 fully saturated rings. The monoisotopic (exact) mass is 321 g/mol. The summed E-state index contributed by atoms with van der Waals surface area (Å²) in [6.07, 6.45) is -0.332. The molecule has 0 saturated carbocycles. The highest BCUT2D eigenvalue weighted by atomic mass is 32.2. The number of aromatic nitrogens is 1. The van der Waals surface area contributed by atoms with Gasteiger partial charge in [-0.25, -0.2) is 9.78 Å². The number of hydrogen-bond acceptors (Lipinski definition) is 6. The standard InChI is InChI=1S/C14H11NO4S2/c1-7(16)12-11(14(17)18)15-13(21-12)9-6-20-10-5-3-2-4-8(10)19-9/h2-5,9H,6H2,1H3,(H,17,18). The van der Waals surface area contributed by atoms with E-state index in [1.807, 2.05) is 24.3 Å². The molecule has 1 aromatic heterocycles. The summed E-state index contributed by atoms with van der Waals surface area (Å²) in [6, 6.07) is 7.66. The van der Waals surface area contributed by atoms with Gasteiger partial charge in [-0.2, -0.15) is 0 Å². The molecule has 108 valence electrons. The first-order valence-electron chi connectivity index (χ1n) is 6.19. The van der Waals surface area contributed by atoms with Crippen molar-refractivity contribution in [3.8, 4) is 5.75 Å². The number of benzene rings is 1. The summed E-state index contributed by atoms with van der Waals surface area (Å²) >= 11 is 2.73. The van der Waals surface area contributed by atoms with E-state index in [-0.39, 0.29) is 22.5 Å². The van der Waals surface area contributed by atoms with Crippen LogP contribution in [0.15, 0.2) is 29.2 Å². The minimum atomic E-state index is -1.19. The van der Waals surface area contributed by atoms with E-state index in [9.17, 15) is 9.59 Å². The van der Waals surface area contributed by atoms with E-state index in [1.54, 1.807) is 11.8 Å². The molecule has 0 amide bonds. The van der Waals surface area contributed by atoms with Crippen LogP contribution in [0.4, 0.5) is 0 Å². The molecule has 3 rings (SSSR count). The summed E-state index contributed by atoms with van der Waals surface area (Å²) in [5, 5.41) is 9.66. The van der Waals surface area contributed by atoms with Gasteiger partial charge in [0.2, 0.25) is 0 Å².